The average Bonchev–Trinajstić information content (AvgIpc) is 2.62. The summed E-state index contributed by atoms with van der Waals surface area (Å²) in [5, 5.41) is 28.3. The summed E-state index contributed by atoms with van der Waals surface area (Å²) >= 11 is 0. The largest absolute Gasteiger partial charge is 0.388 e. The fourth-order valence-corrected chi connectivity index (χ4v) is 2.24. The summed E-state index contributed by atoms with van der Waals surface area (Å²) in [5.41, 5.74) is -0.572. The van der Waals surface area contributed by atoms with E-state index in [0.29, 0.717) is 37.6 Å². The number of anilines is 1. The molecule has 8 nitrogen and oxygen atoms in total. The van der Waals surface area contributed by atoms with Gasteiger partial charge in [0.15, 0.2) is 0 Å². The molecular weight excluding hydrogens is 252 g/mol. The molecule has 1 aromatic rings. The van der Waals surface area contributed by atoms with Crippen molar-refractivity contribution in [2.24, 2.45) is 7.05 Å². The van der Waals surface area contributed by atoms with Crippen molar-refractivity contribution in [2.75, 3.05) is 25.1 Å². The Labute approximate surface area is 110 Å². The first-order chi connectivity index (χ1) is 8.93. The van der Waals surface area contributed by atoms with E-state index in [2.05, 4.69) is 10.4 Å². The minimum atomic E-state index is -0.885. The van der Waals surface area contributed by atoms with Crippen LogP contribution in [0.5, 0.6) is 0 Å². The zero-order valence-corrected chi connectivity index (χ0v) is 11.0. The van der Waals surface area contributed by atoms with Crippen LogP contribution in [0.1, 0.15) is 18.5 Å². The predicted molar refractivity (Wildman–Crippen MR) is 68.1 cm³/mol. The minimum absolute atomic E-state index is 0.0434. The molecule has 0 spiro atoms. The first-order valence-electron chi connectivity index (χ1n) is 6.15. The summed E-state index contributed by atoms with van der Waals surface area (Å²) < 4.78 is 6.62. The van der Waals surface area contributed by atoms with Crippen molar-refractivity contribution in [2.45, 2.75) is 25.4 Å². The molecule has 2 N–H and O–H groups in total. The Kier molecular flexibility index (Phi) is 3.72. The molecule has 2 heterocycles. The van der Waals surface area contributed by atoms with Crippen molar-refractivity contribution in [1.82, 2.24) is 9.78 Å². The van der Waals surface area contributed by atoms with E-state index in [1.165, 1.54) is 4.68 Å². The number of aryl methyl sites for hydroxylation is 2. The van der Waals surface area contributed by atoms with E-state index in [9.17, 15) is 15.2 Å². The normalized spacial score (nSPS) is 18.3. The summed E-state index contributed by atoms with van der Waals surface area (Å²) in [5.74, 6) is 0.322. The summed E-state index contributed by atoms with van der Waals surface area (Å²) in [6.45, 7) is 2.85. The van der Waals surface area contributed by atoms with Crippen LogP contribution in [0.3, 0.4) is 0 Å². The molecule has 1 aliphatic rings. The van der Waals surface area contributed by atoms with E-state index < -0.39 is 10.5 Å². The lowest BCUT2D eigenvalue weighted by atomic mass is 9.94. The molecule has 0 bridgehead atoms. The van der Waals surface area contributed by atoms with Gasteiger partial charge in [0, 0.05) is 39.6 Å². The molecule has 2 rings (SSSR count). The van der Waals surface area contributed by atoms with E-state index in [-0.39, 0.29) is 12.2 Å². The molecule has 1 fully saturated rings. The number of nitro groups is 1. The lowest BCUT2D eigenvalue weighted by Crippen LogP contribution is -2.42. The quantitative estimate of drug-likeness (QED) is 0.613. The second kappa shape index (κ2) is 5.14. The molecule has 0 saturated carbocycles. The Bertz CT molecular complexity index is 479. The van der Waals surface area contributed by atoms with Crippen LogP contribution in [0, 0.1) is 17.0 Å². The third-order valence-corrected chi connectivity index (χ3v) is 3.38. The van der Waals surface area contributed by atoms with Gasteiger partial charge in [-0.05, 0) is 6.92 Å². The van der Waals surface area contributed by atoms with Gasteiger partial charge < -0.3 is 15.2 Å². The van der Waals surface area contributed by atoms with Gasteiger partial charge in [0.1, 0.15) is 5.69 Å². The van der Waals surface area contributed by atoms with Gasteiger partial charge in [-0.1, -0.05) is 0 Å². The van der Waals surface area contributed by atoms with Gasteiger partial charge in [-0.25, -0.2) is 4.68 Å². The Morgan fingerprint density at radius 1 is 1.58 bits per heavy atom. The third-order valence-electron chi connectivity index (χ3n) is 3.38. The van der Waals surface area contributed by atoms with Gasteiger partial charge in [0.05, 0.1) is 10.5 Å². The molecule has 0 atom stereocenters. The summed E-state index contributed by atoms with van der Waals surface area (Å²) in [7, 11) is 1.64. The maximum Gasteiger partial charge on any atom is 0.333 e. The van der Waals surface area contributed by atoms with Crippen molar-refractivity contribution >= 4 is 11.5 Å². The fourth-order valence-electron chi connectivity index (χ4n) is 2.24. The van der Waals surface area contributed by atoms with Crippen LogP contribution in [0.2, 0.25) is 0 Å². The first-order valence-corrected chi connectivity index (χ1v) is 6.15. The molecule has 8 heteroatoms. The lowest BCUT2D eigenvalue weighted by molar-refractivity contribution is -0.384. The number of aliphatic hydroxyl groups is 1. The zero-order chi connectivity index (χ0) is 14.0. The summed E-state index contributed by atoms with van der Waals surface area (Å²) in [6, 6.07) is 0. The van der Waals surface area contributed by atoms with E-state index in [4.69, 9.17) is 4.74 Å². The standard InChI is InChI=1S/C11H18N4O4/c1-8-9(15(17)18)10(14(2)13-8)12-7-11(16)3-5-19-6-4-11/h12,16H,3-7H2,1-2H3. The summed E-state index contributed by atoms with van der Waals surface area (Å²) in [6.07, 6.45) is 1.04. The molecule has 0 radical (unpaired) electrons. The second-order valence-electron chi connectivity index (χ2n) is 4.85. The topological polar surface area (TPSA) is 102 Å². The van der Waals surface area contributed by atoms with Crippen molar-refractivity contribution in [3.05, 3.63) is 15.8 Å². The van der Waals surface area contributed by atoms with E-state index in [0.717, 1.165) is 0 Å². The maximum absolute atomic E-state index is 11.0. The van der Waals surface area contributed by atoms with Gasteiger partial charge in [0.2, 0.25) is 5.82 Å². The highest BCUT2D eigenvalue weighted by Crippen LogP contribution is 2.29. The molecule has 1 saturated heterocycles. The molecule has 1 aliphatic heterocycles. The van der Waals surface area contributed by atoms with Crippen LogP contribution in [0.4, 0.5) is 11.5 Å². The Morgan fingerprint density at radius 2 is 2.21 bits per heavy atom. The maximum atomic E-state index is 11.0. The van der Waals surface area contributed by atoms with Crippen LogP contribution in [0.15, 0.2) is 0 Å². The van der Waals surface area contributed by atoms with Gasteiger partial charge in [-0.2, -0.15) is 5.10 Å². The predicted octanol–water partition coefficient (Wildman–Crippen LogP) is 0.590. The van der Waals surface area contributed by atoms with Gasteiger partial charge in [-0.3, -0.25) is 10.1 Å². The van der Waals surface area contributed by atoms with Crippen LogP contribution in [-0.4, -0.2) is 45.2 Å². The van der Waals surface area contributed by atoms with Crippen LogP contribution < -0.4 is 5.32 Å². The van der Waals surface area contributed by atoms with Crippen molar-refractivity contribution in [1.29, 1.82) is 0 Å². The smallest absolute Gasteiger partial charge is 0.333 e. The first kappa shape index (κ1) is 13.8. The van der Waals surface area contributed by atoms with Crippen LogP contribution >= 0.6 is 0 Å². The SMILES string of the molecule is Cc1nn(C)c(NCC2(O)CCOCC2)c1[N+](=O)[O-]. The van der Waals surface area contributed by atoms with Gasteiger partial charge in [0.25, 0.3) is 0 Å². The molecule has 1 aromatic heterocycles. The van der Waals surface area contributed by atoms with Gasteiger partial charge in [-0.15, -0.1) is 0 Å². The van der Waals surface area contributed by atoms with Crippen LogP contribution in [-0.2, 0) is 11.8 Å². The van der Waals surface area contributed by atoms with Crippen molar-refractivity contribution in [3.63, 3.8) is 0 Å². The monoisotopic (exact) mass is 270 g/mol. The number of nitrogens with one attached hydrogen (secondary N) is 1. The molecular formula is C11H18N4O4. The Hall–Kier alpha value is -1.67. The highest BCUT2D eigenvalue weighted by atomic mass is 16.6. The number of hydrogen-bond donors (Lipinski definition) is 2. The fraction of sp³-hybridized carbons (Fsp3) is 0.727. The number of rotatable bonds is 4. The number of nitrogens with zero attached hydrogens (tertiary/aromatic N) is 3. The molecule has 19 heavy (non-hydrogen) atoms. The molecule has 0 aliphatic carbocycles. The second-order valence-corrected chi connectivity index (χ2v) is 4.85. The number of ether oxygens (including phenoxy) is 1. The minimum Gasteiger partial charge on any atom is -0.388 e. The summed E-state index contributed by atoms with van der Waals surface area (Å²) in [4.78, 5) is 10.6. The highest BCUT2D eigenvalue weighted by Gasteiger charge is 2.32. The Morgan fingerprint density at radius 3 is 2.79 bits per heavy atom. The van der Waals surface area contributed by atoms with E-state index in [1.54, 1.807) is 14.0 Å². The lowest BCUT2D eigenvalue weighted by Gasteiger charge is -2.32. The number of aromatic nitrogens is 2. The molecule has 0 unspecified atom stereocenters. The van der Waals surface area contributed by atoms with Crippen LogP contribution in [0.25, 0.3) is 0 Å². The molecule has 0 amide bonds. The van der Waals surface area contributed by atoms with Crippen molar-refractivity contribution in [3.8, 4) is 0 Å². The molecule has 106 valence electrons. The third kappa shape index (κ3) is 2.85. The van der Waals surface area contributed by atoms with E-state index in [1.807, 2.05) is 0 Å². The van der Waals surface area contributed by atoms with Gasteiger partial charge >= 0.3 is 5.69 Å². The zero-order valence-electron chi connectivity index (χ0n) is 11.0. The Balaban J connectivity index is 2.13. The van der Waals surface area contributed by atoms with E-state index >= 15 is 0 Å². The molecule has 0 aromatic carbocycles. The highest BCUT2D eigenvalue weighted by molar-refractivity contribution is 5.59. The number of hydrogen-bond acceptors (Lipinski definition) is 6. The average molecular weight is 270 g/mol. The van der Waals surface area contributed by atoms with Crippen molar-refractivity contribution < 1.29 is 14.8 Å².